The number of aryl methyl sites for hydroxylation is 1. The van der Waals surface area contributed by atoms with Crippen molar-refractivity contribution in [2.24, 2.45) is 7.05 Å². The zero-order valence-electron chi connectivity index (χ0n) is 15.7. The number of likely N-dealkylation sites (tertiary alicyclic amines) is 1. The molecule has 1 aliphatic heterocycles. The fourth-order valence-corrected chi connectivity index (χ4v) is 4.80. The van der Waals surface area contributed by atoms with Gasteiger partial charge in [0.15, 0.2) is 0 Å². The van der Waals surface area contributed by atoms with Crippen LogP contribution in [-0.4, -0.2) is 39.6 Å². The smallest absolute Gasteiger partial charge is 0.259 e. The summed E-state index contributed by atoms with van der Waals surface area (Å²) in [6.45, 7) is 3.27. The highest BCUT2D eigenvalue weighted by Crippen LogP contribution is 2.34. The first-order valence-electron chi connectivity index (χ1n) is 9.13. The third kappa shape index (κ3) is 3.70. The number of nitrogens with one attached hydrogen (secondary N) is 1. The van der Waals surface area contributed by atoms with Crippen LogP contribution in [0.2, 0.25) is 0 Å². The molecule has 0 saturated carbocycles. The first kappa shape index (κ1) is 18.8. The van der Waals surface area contributed by atoms with Crippen molar-refractivity contribution in [2.75, 3.05) is 18.4 Å². The predicted molar refractivity (Wildman–Crippen MR) is 109 cm³/mol. The molecule has 1 amide bonds. The maximum atomic E-state index is 13.5. The van der Waals surface area contributed by atoms with E-state index in [9.17, 15) is 14.0 Å². The van der Waals surface area contributed by atoms with Crippen molar-refractivity contribution < 1.29 is 9.18 Å². The Bertz CT molecular complexity index is 1110. The summed E-state index contributed by atoms with van der Waals surface area (Å²) in [6.07, 6.45) is 3.26. The first-order valence-corrected chi connectivity index (χ1v) is 9.95. The molecule has 1 N–H and O–H groups in total. The van der Waals surface area contributed by atoms with Gasteiger partial charge < -0.3 is 9.88 Å². The highest BCUT2D eigenvalue weighted by Gasteiger charge is 2.23. The van der Waals surface area contributed by atoms with Gasteiger partial charge in [-0.25, -0.2) is 9.37 Å². The highest BCUT2D eigenvalue weighted by molar-refractivity contribution is 7.19. The van der Waals surface area contributed by atoms with Crippen molar-refractivity contribution in [1.82, 2.24) is 14.5 Å². The lowest BCUT2D eigenvalue weighted by molar-refractivity contribution is -0.114. The van der Waals surface area contributed by atoms with Gasteiger partial charge in [-0.05, 0) is 30.2 Å². The van der Waals surface area contributed by atoms with Crippen LogP contribution in [0.3, 0.4) is 0 Å². The van der Waals surface area contributed by atoms with E-state index in [2.05, 4.69) is 15.2 Å². The van der Waals surface area contributed by atoms with Gasteiger partial charge in [-0.3, -0.25) is 14.5 Å². The Morgan fingerprint density at radius 1 is 1.43 bits per heavy atom. The Labute approximate surface area is 165 Å². The molecule has 6 nitrogen and oxygen atoms in total. The fraction of sp³-hybridized carbons (Fsp3) is 0.350. The molecule has 4 heterocycles. The molecule has 1 saturated heterocycles. The number of aromatic nitrogens is 2. The van der Waals surface area contributed by atoms with Crippen LogP contribution >= 0.6 is 11.3 Å². The van der Waals surface area contributed by atoms with Crippen molar-refractivity contribution in [3.05, 3.63) is 45.8 Å². The van der Waals surface area contributed by atoms with Gasteiger partial charge in [0.2, 0.25) is 5.91 Å². The van der Waals surface area contributed by atoms with E-state index in [0.717, 1.165) is 27.2 Å². The van der Waals surface area contributed by atoms with E-state index >= 15 is 0 Å². The molecule has 1 fully saturated rings. The minimum Gasteiger partial charge on any atom is -0.317 e. The molecular formula is C20H21FN4O2S. The summed E-state index contributed by atoms with van der Waals surface area (Å²) in [5, 5.41) is 3.35. The number of fused-ring (bicyclic) bond motifs is 1. The first-order chi connectivity index (χ1) is 13.4. The SMILES string of the molecule is CC(=O)Nc1cc(-c2cn(C)c(=O)c3cc(CN4CC[C@@H](F)C4)sc23)ccn1. The third-order valence-corrected chi connectivity index (χ3v) is 6.02. The number of nitrogens with zero attached hydrogens (tertiary/aromatic N) is 3. The molecule has 0 radical (unpaired) electrons. The minimum absolute atomic E-state index is 0.0535. The Kier molecular flexibility index (Phi) is 4.99. The fourth-order valence-electron chi connectivity index (χ4n) is 3.58. The summed E-state index contributed by atoms with van der Waals surface area (Å²) in [4.78, 5) is 31.3. The number of carbonyl (C=O) groups is 1. The van der Waals surface area contributed by atoms with Crippen molar-refractivity contribution >= 4 is 33.1 Å². The highest BCUT2D eigenvalue weighted by atomic mass is 32.1. The molecule has 28 heavy (non-hydrogen) atoms. The van der Waals surface area contributed by atoms with E-state index in [-0.39, 0.29) is 11.5 Å². The summed E-state index contributed by atoms with van der Waals surface area (Å²) >= 11 is 1.56. The quantitative estimate of drug-likeness (QED) is 0.731. The molecule has 3 aromatic rings. The summed E-state index contributed by atoms with van der Waals surface area (Å²) in [7, 11) is 1.73. The van der Waals surface area contributed by atoms with Crippen LogP contribution in [0.5, 0.6) is 0 Å². The topological polar surface area (TPSA) is 67.2 Å². The molecule has 4 rings (SSSR count). The van der Waals surface area contributed by atoms with Crippen LogP contribution < -0.4 is 10.9 Å². The minimum atomic E-state index is -0.762. The largest absolute Gasteiger partial charge is 0.317 e. The Balaban J connectivity index is 1.77. The summed E-state index contributed by atoms with van der Waals surface area (Å²) < 4.78 is 16.0. The third-order valence-electron chi connectivity index (χ3n) is 4.87. The molecule has 146 valence electrons. The Morgan fingerprint density at radius 3 is 2.96 bits per heavy atom. The number of carbonyl (C=O) groups excluding carboxylic acids is 1. The van der Waals surface area contributed by atoms with E-state index in [1.807, 2.05) is 18.3 Å². The van der Waals surface area contributed by atoms with Gasteiger partial charge in [-0.2, -0.15) is 0 Å². The standard InChI is InChI=1S/C20H21FN4O2S/c1-12(26)23-18-7-13(3-5-22-18)17-11-24(2)20(27)16-8-15(28-19(16)17)10-25-6-4-14(21)9-25/h3,5,7-8,11,14H,4,6,9-10H2,1-2H3,(H,22,23,26)/t14-/m1/s1. The van der Waals surface area contributed by atoms with Crippen LogP contribution in [0, 0.1) is 0 Å². The number of alkyl halides is 1. The zero-order valence-corrected chi connectivity index (χ0v) is 16.6. The lowest BCUT2D eigenvalue weighted by Gasteiger charge is -2.12. The Hall–Kier alpha value is -2.58. The maximum absolute atomic E-state index is 13.5. The van der Waals surface area contributed by atoms with Gasteiger partial charge in [-0.1, -0.05) is 0 Å². The van der Waals surface area contributed by atoms with Crippen molar-refractivity contribution in [1.29, 1.82) is 0 Å². The van der Waals surface area contributed by atoms with E-state index in [4.69, 9.17) is 0 Å². The number of hydrogen-bond donors (Lipinski definition) is 1. The molecule has 8 heteroatoms. The van der Waals surface area contributed by atoms with Crippen LogP contribution in [0.25, 0.3) is 21.2 Å². The predicted octanol–water partition coefficient (Wildman–Crippen LogP) is 3.16. The molecule has 0 aromatic carbocycles. The number of rotatable bonds is 4. The van der Waals surface area contributed by atoms with Gasteiger partial charge in [-0.15, -0.1) is 11.3 Å². The van der Waals surface area contributed by atoms with Gasteiger partial charge in [0.05, 0.1) is 5.39 Å². The lowest BCUT2D eigenvalue weighted by atomic mass is 10.1. The average Bonchev–Trinajstić information content (AvgIpc) is 3.24. The van der Waals surface area contributed by atoms with E-state index in [1.165, 1.54) is 6.92 Å². The van der Waals surface area contributed by atoms with Gasteiger partial charge >= 0.3 is 0 Å². The van der Waals surface area contributed by atoms with Crippen molar-refractivity contribution in [3.63, 3.8) is 0 Å². The molecule has 0 bridgehead atoms. The summed E-state index contributed by atoms with van der Waals surface area (Å²) in [5.74, 6) is 0.278. The van der Waals surface area contributed by atoms with Crippen LogP contribution in [0.1, 0.15) is 18.2 Å². The summed E-state index contributed by atoms with van der Waals surface area (Å²) in [5.41, 5.74) is 1.73. The molecule has 0 unspecified atom stereocenters. The second-order valence-electron chi connectivity index (χ2n) is 7.15. The molecule has 3 aromatic heterocycles. The zero-order chi connectivity index (χ0) is 19.8. The molecule has 1 aliphatic rings. The van der Waals surface area contributed by atoms with Crippen LogP contribution in [0.15, 0.2) is 35.4 Å². The molecule has 0 spiro atoms. The van der Waals surface area contributed by atoms with E-state index < -0.39 is 6.17 Å². The molecule has 0 aliphatic carbocycles. The normalized spacial score (nSPS) is 17.3. The second-order valence-corrected chi connectivity index (χ2v) is 8.28. The van der Waals surface area contributed by atoms with E-state index in [1.54, 1.807) is 35.2 Å². The van der Waals surface area contributed by atoms with Crippen LogP contribution in [-0.2, 0) is 18.4 Å². The number of halogens is 1. The monoisotopic (exact) mass is 400 g/mol. The number of thiophene rings is 1. The van der Waals surface area contributed by atoms with Crippen molar-refractivity contribution in [3.8, 4) is 11.1 Å². The van der Waals surface area contributed by atoms with E-state index in [0.29, 0.717) is 30.7 Å². The van der Waals surface area contributed by atoms with Crippen LogP contribution in [0.4, 0.5) is 10.2 Å². The van der Waals surface area contributed by atoms with Gasteiger partial charge in [0.25, 0.3) is 5.56 Å². The molecule has 1 atom stereocenters. The van der Waals surface area contributed by atoms with Crippen molar-refractivity contribution in [2.45, 2.75) is 26.1 Å². The number of pyridine rings is 2. The lowest BCUT2D eigenvalue weighted by Crippen LogP contribution is -2.19. The second kappa shape index (κ2) is 7.44. The average molecular weight is 400 g/mol. The molecular weight excluding hydrogens is 379 g/mol. The number of amides is 1. The van der Waals surface area contributed by atoms with Gasteiger partial charge in [0, 0.05) is 61.1 Å². The Morgan fingerprint density at radius 2 is 2.25 bits per heavy atom. The number of anilines is 1. The number of hydrogen-bond acceptors (Lipinski definition) is 5. The summed E-state index contributed by atoms with van der Waals surface area (Å²) in [6, 6.07) is 5.58. The van der Waals surface area contributed by atoms with Gasteiger partial charge in [0.1, 0.15) is 12.0 Å². The maximum Gasteiger partial charge on any atom is 0.259 e.